The molecule has 1 fully saturated rings. The summed E-state index contributed by atoms with van der Waals surface area (Å²) in [5.74, 6) is -0.224. The number of nitrogens with zero attached hydrogens (tertiary/aromatic N) is 1. The van der Waals surface area contributed by atoms with Gasteiger partial charge in [-0.1, -0.05) is 20.3 Å². The van der Waals surface area contributed by atoms with Gasteiger partial charge in [-0.25, -0.2) is 0 Å². The van der Waals surface area contributed by atoms with Gasteiger partial charge in [-0.05, 0) is 18.3 Å². The van der Waals surface area contributed by atoms with Crippen LogP contribution in [0.4, 0.5) is 0 Å². The molecule has 0 aromatic heterocycles. The zero-order valence-electron chi connectivity index (χ0n) is 12.1. The summed E-state index contributed by atoms with van der Waals surface area (Å²) in [6.07, 6.45) is 3.94. The minimum Gasteiger partial charge on any atom is -0.380 e. The molecule has 1 heterocycles. The van der Waals surface area contributed by atoms with Crippen molar-refractivity contribution in [2.75, 3.05) is 26.3 Å². The molecule has 0 aromatic rings. The highest BCUT2D eigenvalue weighted by Crippen LogP contribution is 2.33. The number of hydrogen-bond donors (Lipinski definition) is 1. The smallest absolute Gasteiger partial charge is 0.224 e. The van der Waals surface area contributed by atoms with Crippen molar-refractivity contribution in [1.82, 2.24) is 4.90 Å². The molecular formula is C14H26N2O3. The molecule has 1 aliphatic rings. The quantitative estimate of drug-likeness (QED) is 0.709. The Morgan fingerprint density at radius 3 is 2.32 bits per heavy atom. The van der Waals surface area contributed by atoms with Gasteiger partial charge in [-0.15, -0.1) is 0 Å². The first-order valence-electron chi connectivity index (χ1n) is 7.11. The third-order valence-electron chi connectivity index (χ3n) is 4.13. The van der Waals surface area contributed by atoms with Crippen molar-refractivity contribution < 1.29 is 14.3 Å². The SMILES string of the molecule is CCC1(C)CCN(C(=O)CCOCCC(N)=O)CC1. The molecule has 0 radical (unpaired) electrons. The van der Waals surface area contributed by atoms with Crippen molar-refractivity contribution in [1.29, 1.82) is 0 Å². The van der Waals surface area contributed by atoms with E-state index in [0.717, 1.165) is 25.9 Å². The molecule has 0 saturated carbocycles. The molecular weight excluding hydrogens is 244 g/mol. The van der Waals surface area contributed by atoms with Crippen molar-refractivity contribution in [2.45, 2.75) is 46.0 Å². The van der Waals surface area contributed by atoms with Crippen LogP contribution >= 0.6 is 0 Å². The van der Waals surface area contributed by atoms with Crippen molar-refractivity contribution in [3.05, 3.63) is 0 Å². The summed E-state index contributed by atoms with van der Waals surface area (Å²) < 4.78 is 5.22. The highest BCUT2D eigenvalue weighted by atomic mass is 16.5. The standard InChI is InChI=1S/C14H26N2O3/c1-3-14(2)6-8-16(9-7-14)13(18)5-11-19-10-4-12(15)17/h3-11H2,1-2H3,(H2,15,17). The number of nitrogens with two attached hydrogens (primary N) is 1. The number of likely N-dealkylation sites (tertiary alicyclic amines) is 1. The van der Waals surface area contributed by atoms with E-state index in [0.29, 0.717) is 25.0 Å². The highest BCUT2D eigenvalue weighted by molar-refractivity contribution is 5.76. The summed E-state index contributed by atoms with van der Waals surface area (Å²) in [5, 5.41) is 0. The zero-order chi connectivity index (χ0) is 14.3. The van der Waals surface area contributed by atoms with Crippen LogP contribution < -0.4 is 5.73 Å². The summed E-state index contributed by atoms with van der Waals surface area (Å²) in [6, 6.07) is 0. The van der Waals surface area contributed by atoms with Gasteiger partial charge in [0.25, 0.3) is 0 Å². The Morgan fingerprint density at radius 1 is 1.21 bits per heavy atom. The minimum absolute atomic E-state index is 0.150. The summed E-state index contributed by atoms with van der Waals surface area (Å²) in [4.78, 5) is 24.4. The monoisotopic (exact) mass is 270 g/mol. The van der Waals surface area contributed by atoms with Gasteiger partial charge < -0.3 is 15.4 Å². The van der Waals surface area contributed by atoms with Gasteiger partial charge in [-0.3, -0.25) is 9.59 Å². The van der Waals surface area contributed by atoms with Crippen LogP contribution in [0.1, 0.15) is 46.0 Å². The Labute approximate surface area is 115 Å². The van der Waals surface area contributed by atoms with E-state index >= 15 is 0 Å². The molecule has 0 bridgehead atoms. The van der Waals surface area contributed by atoms with Crippen LogP contribution in [0.5, 0.6) is 0 Å². The summed E-state index contributed by atoms with van der Waals surface area (Å²) in [5.41, 5.74) is 5.39. The number of rotatable bonds is 7. The lowest BCUT2D eigenvalue weighted by atomic mass is 9.78. The largest absolute Gasteiger partial charge is 0.380 e. The molecule has 0 unspecified atom stereocenters. The van der Waals surface area contributed by atoms with Crippen molar-refractivity contribution in [2.24, 2.45) is 11.1 Å². The molecule has 0 aliphatic carbocycles. The van der Waals surface area contributed by atoms with Gasteiger partial charge in [0.1, 0.15) is 0 Å². The molecule has 0 aromatic carbocycles. The van der Waals surface area contributed by atoms with E-state index in [2.05, 4.69) is 13.8 Å². The Hall–Kier alpha value is -1.10. The van der Waals surface area contributed by atoms with Crippen LogP contribution in [0, 0.1) is 5.41 Å². The molecule has 1 saturated heterocycles. The van der Waals surface area contributed by atoms with Gasteiger partial charge in [0.05, 0.1) is 19.6 Å². The molecule has 2 amide bonds. The highest BCUT2D eigenvalue weighted by Gasteiger charge is 2.29. The van der Waals surface area contributed by atoms with Gasteiger partial charge >= 0.3 is 0 Å². The van der Waals surface area contributed by atoms with Gasteiger partial charge in [0, 0.05) is 19.5 Å². The average Bonchev–Trinajstić information content (AvgIpc) is 2.38. The van der Waals surface area contributed by atoms with Crippen LogP contribution in [0.2, 0.25) is 0 Å². The Morgan fingerprint density at radius 2 is 1.79 bits per heavy atom. The lowest BCUT2D eigenvalue weighted by Gasteiger charge is -2.39. The minimum atomic E-state index is -0.374. The van der Waals surface area contributed by atoms with E-state index in [4.69, 9.17) is 10.5 Å². The molecule has 5 nitrogen and oxygen atoms in total. The summed E-state index contributed by atoms with van der Waals surface area (Å²) in [6.45, 7) is 6.88. The number of piperidine rings is 1. The summed E-state index contributed by atoms with van der Waals surface area (Å²) >= 11 is 0. The first-order chi connectivity index (χ1) is 8.97. The van der Waals surface area contributed by atoms with Crippen LogP contribution in [-0.4, -0.2) is 43.0 Å². The maximum atomic E-state index is 11.9. The van der Waals surface area contributed by atoms with E-state index in [1.165, 1.54) is 6.42 Å². The number of carbonyl (C=O) groups excluding carboxylic acids is 2. The molecule has 0 atom stereocenters. The molecule has 1 rings (SSSR count). The van der Waals surface area contributed by atoms with Crippen molar-refractivity contribution in [3.63, 3.8) is 0 Å². The number of primary amides is 1. The van der Waals surface area contributed by atoms with Crippen LogP contribution in [0.25, 0.3) is 0 Å². The molecule has 1 aliphatic heterocycles. The van der Waals surface area contributed by atoms with E-state index in [-0.39, 0.29) is 18.2 Å². The van der Waals surface area contributed by atoms with Crippen LogP contribution in [-0.2, 0) is 14.3 Å². The van der Waals surface area contributed by atoms with Crippen molar-refractivity contribution >= 4 is 11.8 Å². The van der Waals surface area contributed by atoms with E-state index in [1.54, 1.807) is 0 Å². The third-order valence-corrected chi connectivity index (χ3v) is 4.13. The molecule has 2 N–H and O–H groups in total. The van der Waals surface area contributed by atoms with Crippen molar-refractivity contribution in [3.8, 4) is 0 Å². The lowest BCUT2D eigenvalue weighted by molar-refractivity contribution is -0.134. The Kier molecular flexibility index (Phi) is 6.28. The first kappa shape index (κ1) is 16.0. The van der Waals surface area contributed by atoms with E-state index < -0.39 is 0 Å². The Balaban J connectivity index is 2.16. The molecule has 110 valence electrons. The predicted octanol–water partition coefficient (Wildman–Crippen LogP) is 1.31. The fourth-order valence-electron chi connectivity index (χ4n) is 2.24. The van der Waals surface area contributed by atoms with Gasteiger partial charge in [0.15, 0.2) is 0 Å². The van der Waals surface area contributed by atoms with Gasteiger partial charge in [0.2, 0.25) is 11.8 Å². The third kappa shape index (κ3) is 5.59. The normalized spacial score (nSPS) is 18.3. The number of hydrogen-bond acceptors (Lipinski definition) is 3. The van der Waals surface area contributed by atoms with E-state index in [9.17, 15) is 9.59 Å². The van der Waals surface area contributed by atoms with Gasteiger partial charge in [-0.2, -0.15) is 0 Å². The second-order valence-electron chi connectivity index (χ2n) is 5.62. The second kappa shape index (κ2) is 7.48. The maximum Gasteiger partial charge on any atom is 0.224 e. The van der Waals surface area contributed by atoms with Crippen LogP contribution in [0.3, 0.4) is 0 Å². The number of ether oxygens (including phenoxy) is 1. The number of amides is 2. The Bertz CT molecular complexity index is 310. The summed E-state index contributed by atoms with van der Waals surface area (Å²) in [7, 11) is 0. The van der Waals surface area contributed by atoms with Crippen LogP contribution in [0.15, 0.2) is 0 Å². The molecule has 0 spiro atoms. The topological polar surface area (TPSA) is 72.6 Å². The molecule has 19 heavy (non-hydrogen) atoms. The predicted molar refractivity (Wildman–Crippen MR) is 73.5 cm³/mol. The number of carbonyl (C=O) groups is 2. The fourth-order valence-corrected chi connectivity index (χ4v) is 2.24. The first-order valence-corrected chi connectivity index (χ1v) is 7.11. The maximum absolute atomic E-state index is 11.9. The van der Waals surface area contributed by atoms with E-state index in [1.807, 2.05) is 4.90 Å². The zero-order valence-corrected chi connectivity index (χ0v) is 12.1. The lowest BCUT2D eigenvalue weighted by Crippen LogP contribution is -2.42. The molecule has 5 heteroatoms. The average molecular weight is 270 g/mol. The second-order valence-corrected chi connectivity index (χ2v) is 5.62. The fraction of sp³-hybridized carbons (Fsp3) is 0.857.